The predicted octanol–water partition coefficient (Wildman–Crippen LogP) is 6.76. The summed E-state index contributed by atoms with van der Waals surface area (Å²) in [5.41, 5.74) is -2.60. The molecular formula is C40H63IO13Si. The van der Waals surface area contributed by atoms with E-state index >= 15 is 0 Å². The molecule has 10 atom stereocenters. The minimum atomic E-state index is -2.46. The Balaban J connectivity index is 2.00. The lowest BCUT2D eigenvalue weighted by Gasteiger charge is -2.48. The highest BCUT2D eigenvalue weighted by molar-refractivity contribution is 14.1. The molecule has 13 nitrogen and oxygen atoms in total. The first-order valence-electron chi connectivity index (χ1n) is 18.8. The van der Waals surface area contributed by atoms with Gasteiger partial charge in [0.2, 0.25) is 0 Å². The second-order valence-electron chi connectivity index (χ2n) is 19.0. The molecule has 2 saturated heterocycles. The molecule has 0 saturated carbocycles. The van der Waals surface area contributed by atoms with E-state index in [0.29, 0.717) is 5.56 Å². The number of aliphatic hydroxyl groups excluding tert-OH is 1. The monoisotopic (exact) mass is 906 g/mol. The molecule has 1 N–H and O–H groups in total. The van der Waals surface area contributed by atoms with Crippen molar-refractivity contribution >= 4 is 54.8 Å². The van der Waals surface area contributed by atoms with Gasteiger partial charge in [0.05, 0.1) is 38.4 Å². The van der Waals surface area contributed by atoms with Crippen LogP contribution < -0.4 is 0 Å². The van der Waals surface area contributed by atoms with Crippen LogP contribution in [0.5, 0.6) is 0 Å². The summed E-state index contributed by atoms with van der Waals surface area (Å²) in [6.07, 6.45) is -10.5. The van der Waals surface area contributed by atoms with E-state index in [-0.39, 0.29) is 11.6 Å². The first kappa shape index (κ1) is 47.2. The van der Waals surface area contributed by atoms with Gasteiger partial charge in [-0.15, -0.1) is 0 Å². The predicted molar refractivity (Wildman–Crippen MR) is 215 cm³/mol. The number of benzene rings is 1. The van der Waals surface area contributed by atoms with Crippen molar-refractivity contribution in [1.82, 2.24) is 0 Å². The van der Waals surface area contributed by atoms with Gasteiger partial charge in [-0.1, -0.05) is 61.6 Å². The Labute approximate surface area is 341 Å². The Morgan fingerprint density at radius 1 is 0.691 bits per heavy atom. The van der Waals surface area contributed by atoms with Crippen LogP contribution in [0.15, 0.2) is 30.3 Å². The summed E-state index contributed by atoms with van der Waals surface area (Å²) in [7, 11) is -2.46. The van der Waals surface area contributed by atoms with Crippen LogP contribution in [-0.2, 0) is 52.0 Å². The lowest BCUT2D eigenvalue weighted by molar-refractivity contribution is -0.312. The summed E-state index contributed by atoms with van der Waals surface area (Å²) < 4.78 is 48.9. The molecule has 2 heterocycles. The fourth-order valence-electron chi connectivity index (χ4n) is 5.20. The first-order chi connectivity index (χ1) is 25.0. The SMILES string of the molecule is C[C@H]1O[C@H](OC[C@H]2O[C@@H](O)[C@@H](OC(=O)C(C)(C)C)[C@@H](OC(=O)C(C)(C)C)[C@@H]2OC(=O)C(C)(C)C)[C@@H](I)[C@@H](O[Si](C)(C)C(C)(C)C)[C@@H]1OC(=O)c1ccccc1. The summed E-state index contributed by atoms with van der Waals surface area (Å²) in [6, 6.07) is 8.68. The van der Waals surface area contributed by atoms with Crippen molar-refractivity contribution in [2.75, 3.05) is 6.61 Å². The lowest BCUT2D eigenvalue weighted by atomic mass is 9.93. The number of aliphatic hydroxyl groups is 1. The van der Waals surface area contributed by atoms with Gasteiger partial charge in [-0.2, -0.15) is 0 Å². The zero-order valence-electron chi connectivity index (χ0n) is 35.1. The third kappa shape index (κ3) is 12.2. The van der Waals surface area contributed by atoms with Gasteiger partial charge in [0.1, 0.15) is 12.2 Å². The smallest absolute Gasteiger partial charge is 0.338 e. The zero-order valence-corrected chi connectivity index (χ0v) is 38.2. The van der Waals surface area contributed by atoms with Crippen LogP contribution >= 0.6 is 22.6 Å². The summed E-state index contributed by atoms with van der Waals surface area (Å²) in [6.45, 7) is 26.8. The van der Waals surface area contributed by atoms with Crippen molar-refractivity contribution in [2.24, 2.45) is 16.2 Å². The normalized spacial score (nSPS) is 29.5. The van der Waals surface area contributed by atoms with E-state index in [9.17, 15) is 24.3 Å². The molecular weight excluding hydrogens is 843 g/mol. The highest BCUT2D eigenvalue weighted by Gasteiger charge is 2.55. The molecule has 1 aromatic carbocycles. The number of carbonyl (C=O) groups excluding carboxylic acids is 4. The van der Waals surface area contributed by atoms with Gasteiger partial charge in [0.15, 0.2) is 45.3 Å². The van der Waals surface area contributed by atoms with Gasteiger partial charge in [-0.05, 0) is 99.5 Å². The van der Waals surface area contributed by atoms with Crippen molar-refractivity contribution in [2.45, 2.75) is 167 Å². The molecule has 0 radical (unpaired) electrons. The standard InChI is InChI=1S/C40H63IO13Si/c1-22-26(50-31(42)23-19-17-16-18-20-23)28(54-55(14,15)40(11,12)13)25(41)33(48-22)47-21-24-27(51-34(44)37(2,3)4)29(52-35(45)38(5,6)7)30(32(43)49-24)53-36(46)39(8,9)10/h16-20,22,24-30,32-33,43H,21H2,1-15H3/t22-,24-,25+,26-,27-,28-,29+,30+,32-,33+/m1/s1. The molecule has 15 heteroatoms. The van der Waals surface area contributed by atoms with E-state index in [1.165, 1.54) is 0 Å². The molecule has 55 heavy (non-hydrogen) atoms. The van der Waals surface area contributed by atoms with Crippen molar-refractivity contribution in [3.8, 4) is 0 Å². The Kier molecular flexibility index (Phi) is 15.3. The van der Waals surface area contributed by atoms with Gasteiger partial charge in [0, 0.05) is 0 Å². The van der Waals surface area contributed by atoms with Gasteiger partial charge in [0.25, 0.3) is 0 Å². The molecule has 0 amide bonds. The van der Waals surface area contributed by atoms with Crippen LogP contribution in [-0.4, -0.2) is 103 Å². The Hall–Kier alpha value is -2.15. The van der Waals surface area contributed by atoms with Crippen molar-refractivity contribution in [3.63, 3.8) is 0 Å². The van der Waals surface area contributed by atoms with Crippen LogP contribution in [0.3, 0.4) is 0 Å². The minimum Gasteiger partial charge on any atom is -0.455 e. The van der Waals surface area contributed by atoms with Gasteiger partial charge >= 0.3 is 23.9 Å². The van der Waals surface area contributed by atoms with Crippen molar-refractivity contribution in [3.05, 3.63) is 35.9 Å². The average molecular weight is 907 g/mol. The van der Waals surface area contributed by atoms with E-state index in [1.807, 2.05) is 6.07 Å². The fourth-order valence-corrected chi connectivity index (χ4v) is 7.72. The molecule has 0 aliphatic carbocycles. The summed E-state index contributed by atoms with van der Waals surface area (Å²) in [5.74, 6) is -2.54. The number of esters is 4. The molecule has 2 aliphatic heterocycles. The molecule has 3 rings (SSSR count). The van der Waals surface area contributed by atoms with E-state index in [4.69, 9.17) is 37.6 Å². The molecule has 0 aromatic heterocycles. The topological polar surface area (TPSA) is 162 Å². The van der Waals surface area contributed by atoms with E-state index in [1.54, 1.807) is 93.5 Å². The highest BCUT2D eigenvalue weighted by Crippen LogP contribution is 2.42. The van der Waals surface area contributed by atoms with Gasteiger partial charge in [-0.3, -0.25) is 14.4 Å². The quantitative estimate of drug-likeness (QED) is 0.0863. The zero-order chi connectivity index (χ0) is 42.1. The van der Waals surface area contributed by atoms with Crippen LogP contribution in [0.2, 0.25) is 18.1 Å². The van der Waals surface area contributed by atoms with E-state index < -0.39 is 108 Å². The maximum absolute atomic E-state index is 13.5. The number of rotatable bonds is 10. The Morgan fingerprint density at radius 2 is 1.16 bits per heavy atom. The second kappa shape index (κ2) is 17.8. The summed E-state index contributed by atoms with van der Waals surface area (Å²) in [5, 5.41) is 11.2. The second-order valence-corrected chi connectivity index (χ2v) is 25.2. The maximum Gasteiger partial charge on any atom is 0.338 e. The van der Waals surface area contributed by atoms with Crippen molar-refractivity contribution in [1.29, 1.82) is 0 Å². The average Bonchev–Trinajstić information content (AvgIpc) is 3.04. The summed E-state index contributed by atoms with van der Waals surface area (Å²) in [4.78, 5) is 53.3. The van der Waals surface area contributed by atoms with Crippen molar-refractivity contribution < 1.29 is 61.9 Å². The maximum atomic E-state index is 13.5. The molecule has 0 bridgehead atoms. The first-order valence-corrected chi connectivity index (χ1v) is 22.9. The Morgan fingerprint density at radius 3 is 1.64 bits per heavy atom. The molecule has 0 spiro atoms. The number of alkyl halides is 1. The van der Waals surface area contributed by atoms with Crippen LogP contribution in [0.25, 0.3) is 0 Å². The largest absolute Gasteiger partial charge is 0.455 e. The van der Waals surface area contributed by atoms with E-state index in [0.717, 1.165) is 0 Å². The number of carbonyl (C=O) groups is 4. The summed E-state index contributed by atoms with van der Waals surface area (Å²) >= 11 is 2.18. The number of hydrogen-bond donors (Lipinski definition) is 1. The van der Waals surface area contributed by atoms with Crippen LogP contribution in [0.4, 0.5) is 0 Å². The molecule has 312 valence electrons. The van der Waals surface area contributed by atoms with Crippen LogP contribution in [0.1, 0.15) is 100 Å². The van der Waals surface area contributed by atoms with Gasteiger partial charge < -0.3 is 42.7 Å². The molecule has 2 aliphatic rings. The number of ether oxygens (including phenoxy) is 7. The molecule has 0 unspecified atom stereocenters. The van der Waals surface area contributed by atoms with E-state index in [2.05, 4.69) is 56.5 Å². The number of halogens is 1. The third-order valence-corrected chi connectivity index (χ3v) is 15.6. The van der Waals surface area contributed by atoms with Gasteiger partial charge in [-0.25, -0.2) is 4.79 Å². The minimum absolute atomic E-state index is 0.183. The molecule has 1 aromatic rings. The highest BCUT2D eigenvalue weighted by atomic mass is 127. The lowest BCUT2D eigenvalue weighted by Crippen LogP contribution is -2.64. The number of hydrogen-bond acceptors (Lipinski definition) is 13. The van der Waals surface area contributed by atoms with Crippen LogP contribution in [0, 0.1) is 16.2 Å². The third-order valence-electron chi connectivity index (χ3n) is 9.80. The fraction of sp³-hybridized carbons (Fsp3) is 0.750. The molecule has 2 fully saturated rings. The Bertz CT molecular complexity index is 1490.